The third-order valence-electron chi connectivity index (χ3n) is 5.96. The maximum Gasteiger partial charge on any atom is 0.151 e. The minimum absolute atomic E-state index is 0.0206. The molecule has 0 aliphatic heterocycles. The Morgan fingerprint density at radius 1 is 0.912 bits per heavy atom. The Balaban J connectivity index is 1.86. The molecule has 0 saturated carbocycles. The molecule has 1 N–H and O–H groups in total. The van der Waals surface area contributed by atoms with E-state index in [0.29, 0.717) is 0 Å². The van der Waals surface area contributed by atoms with Crippen LogP contribution in [0.4, 0.5) is 11.5 Å². The number of anilines is 2. The Morgan fingerprint density at radius 2 is 1.65 bits per heavy atom. The summed E-state index contributed by atoms with van der Waals surface area (Å²) in [6.07, 6.45) is 1.83. The third kappa shape index (κ3) is 5.14. The van der Waals surface area contributed by atoms with Crippen molar-refractivity contribution in [2.75, 3.05) is 23.3 Å². The first-order valence-electron chi connectivity index (χ1n) is 12.1. The number of aromatic nitrogens is 2. The fourth-order valence-corrected chi connectivity index (χ4v) is 4.27. The number of hydrogen-bond donors (Lipinski definition) is 1. The average Bonchev–Trinajstić information content (AvgIpc) is 2.85. The predicted molar refractivity (Wildman–Crippen MR) is 142 cm³/mol. The molecule has 0 fully saturated rings. The Bertz CT molecular complexity index is 1220. The lowest BCUT2D eigenvalue weighted by molar-refractivity contribution is 0.242. The molecule has 2 aromatic heterocycles. The molecule has 0 bridgehead atoms. The van der Waals surface area contributed by atoms with Crippen molar-refractivity contribution >= 4 is 22.4 Å². The van der Waals surface area contributed by atoms with Crippen molar-refractivity contribution in [3.63, 3.8) is 0 Å². The van der Waals surface area contributed by atoms with Crippen molar-refractivity contribution < 1.29 is 4.74 Å². The van der Waals surface area contributed by atoms with E-state index in [0.717, 1.165) is 52.4 Å². The lowest BCUT2D eigenvalue weighted by atomic mass is 9.95. The number of hydrogen-bond acceptors (Lipinski definition) is 5. The average molecular weight is 455 g/mol. The molecule has 34 heavy (non-hydrogen) atoms. The molecule has 4 rings (SSSR count). The second-order valence-electron chi connectivity index (χ2n) is 8.73. The summed E-state index contributed by atoms with van der Waals surface area (Å²) in [7, 11) is 0. The largest absolute Gasteiger partial charge is 0.488 e. The molecule has 4 aromatic rings. The highest BCUT2D eigenvalue weighted by molar-refractivity contribution is 5.86. The zero-order valence-corrected chi connectivity index (χ0v) is 20.7. The second-order valence-corrected chi connectivity index (χ2v) is 8.73. The molecule has 176 valence electrons. The maximum absolute atomic E-state index is 6.42. The fraction of sp³-hybridized carbons (Fsp3) is 0.310. The maximum atomic E-state index is 6.42. The molecule has 2 aromatic carbocycles. The number of benzene rings is 2. The second kappa shape index (κ2) is 10.6. The van der Waals surface area contributed by atoms with E-state index in [2.05, 4.69) is 85.4 Å². The summed E-state index contributed by atoms with van der Waals surface area (Å²) in [6.45, 7) is 12.4. The molecule has 0 aliphatic rings. The topological polar surface area (TPSA) is 50.3 Å². The molecular weight excluding hydrogens is 420 g/mol. The van der Waals surface area contributed by atoms with Gasteiger partial charge in [0.15, 0.2) is 5.75 Å². The van der Waals surface area contributed by atoms with E-state index in [1.807, 2.05) is 31.2 Å². The molecule has 0 spiro atoms. The van der Waals surface area contributed by atoms with Gasteiger partial charge in [-0.3, -0.25) is 0 Å². The van der Waals surface area contributed by atoms with E-state index >= 15 is 0 Å². The van der Waals surface area contributed by atoms with E-state index in [9.17, 15) is 0 Å². The van der Waals surface area contributed by atoms with Crippen LogP contribution in [0.3, 0.4) is 0 Å². The van der Waals surface area contributed by atoms with Gasteiger partial charge in [-0.1, -0.05) is 36.4 Å². The summed E-state index contributed by atoms with van der Waals surface area (Å²) in [6, 6.07) is 23.0. The van der Waals surface area contributed by atoms with Gasteiger partial charge in [0.25, 0.3) is 0 Å². The van der Waals surface area contributed by atoms with Gasteiger partial charge in [0.05, 0.1) is 12.1 Å². The Hall–Kier alpha value is -3.60. The van der Waals surface area contributed by atoms with Gasteiger partial charge in [-0.05, 0) is 70.5 Å². The van der Waals surface area contributed by atoms with Gasteiger partial charge in [0, 0.05) is 41.6 Å². The van der Waals surface area contributed by atoms with Crippen LogP contribution < -0.4 is 15.0 Å². The summed E-state index contributed by atoms with van der Waals surface area (Å²) < 4.78 is 6.42. The zero-order valence-electron chi connectivity index (χ0n) is 20.7. The van der Waals surface area contributed by atoms with Crippen LogP contribution in [0.15, 0.2) is 72.9 Å². The smallest absolute Gasteiger partial charge is 0.151 e. The lowest BCUT2D eigenvalue weighted by Crippen LogP contribution is -2.22. The number of fused-ring (bicyclic) bond motifs is 1. The summed E-state index contributed by atoms with van der Waals surface area (Å²) in [5.74, 6) is 1.63. The molecule has 0 amide bonds. The first kappa shape index (κ1) is 23.6. The van der Waals surface area contributed by atoms with Gasteiger partial charge >= 0.3 is 0 Å². The van der Waals surface area contributed by atoms with Crippen molar-refractivity contribution in [1.82, 2.24) is 9.97 Å². The van der Waals surface area contributed by atoms with Gasteiger partial charge in [-0.2, -0.15) is 0 Å². The number of nitrogens with zero attached hydrogens (tertiary/aromatic N) is 3. The molecule has 5 nitrogen and oxygen atoms in total. The van der Waals surface area contributed by atoms with E-state index in [1.54, 1.807) is 6.20 Å². The summed E-state index contributed by atoms with van der Waals surface area (Å²) in [4.78, 5) is 11.7. The van der Waals surface area contributed by atoms with Crippen LogP contribution in [0.1, 0.15) is 50.6 Å². The van der Waals surface area contributed by atoms with E-state index in [-0.39, 0.29) is 12.1 Å². The predicted octanol–water partition coefficient (Wildman–Crippen LogP) is 6.77. The first-order valence-corrected chi connectivity index (χ1v) is 12.1. The van der Waals surface area contributed by atoms with Gasteiger partial charge in [-0.25, -0.2) is 9.97 Å². The van der Waals surface area contributed by atoms with Crippen LogP contribution in [0, 0.1) is 6.92 Å². The highest BCUT2D eigenvalue weighted by Gasteiger charge is 2.23. The fourth-order valence-electron chi connectivity index (χ4n) is 4.27. The number of pyridine rings is 2. The van der Waals surface area contributed by atoms with Gasteiger partial charge in [0.1, 0.15) is 11.3 Å². The van der Waals surface area contributed by atoms with Crippen molar-refractivity contribution in [3.8, 4) is 5.75 Å². The molecule has 0 aliphatic carbocycles. The Labute approximate surface area is 202 Å². The number of ether oxygens (including phenoxy) is 1. The van der Waals surface area contributed by atoms with Crippen LogP contribution in [0.5, 0.6) is 5.75 Å². The van der Waals surface area contributed by atoms with Gasteiger partial charge in [-0.15, -0.1) is 0 Å². The molecule has 0 radical (unpaired) electrons. The van der Waals surface area contributed by atoms with Crippen LogP contribution in [-0.2, 0) is 0 Å². The SMILES string of the molecule is CCN(CC)c1ccc(C(Nc2ccccn2)c2ccc3ccc(C)nc3c2OC(C)C)cc1. The third-order valence-corrected chi connectivity index (χ3v) is 5.96. The van der Waals surface area contributed by atoms with E-state index < -0.39 is 0 Å². The Morgan fingerprint density at radius 3 is 2.29 bits per heavy atom. The van der Waals surface area contributed by atoms with Crippen molar-refractivity contribution in [2.45, 2.75) is 46.8 Å². The molecule has 0 saturated heterocycles. The minimum Gasteiger partial charge on any atom is -0.488 e. The van der Waals surface area contributed by atoms with Crippen molar-refractivity contribution in [2.24, 2.45) is 0 Å². The van der Waals surface area contributed by atoms with Crippen LogP contribution in [-0.4, -0.2) is 29.2 Å². The van der Waals surface area contributed by atoms with Gasteiger partial charge in [0.2, 0.25) is 0 Å². The van der Waals surface area contributed by atoms with E-state index in [4.69, 9.17) is 9.72 Å². The molecule has 1 unspecified atom stereocenters. The normalized spacial score (nSPS) is 12.1. The molecule has 5 heteroatoms. The highest BCUT2D eigenvalue weighted by Crippen LogP contribution is 2.38. The summed E-state index contributed by atoms with van der Waals surface area (Å²) >= 11 is 0. The minimum atomic E-state index is -0.152. The zero-order chi connectivity index (χ0) is 24.1. The number of nitrogens with one attached hydrogen (secondary N) is 1. The van der Waals surface area contributed by atoms with Crippen LogP contribution in [0.2, 0.25) is 0 Å². The molecule has 1 atom stereocenters. The van der Waals surface area contributed by atoms with Crippen LogP contribution in [0.25, 0.3) is 10.9 Å². The number of aryl methyl sites for hydroxylation is 1. The monoisotopic (exact) mass is 454 g/mol. The first-order chi connectivity index (χ1) is 16.5. The standard InChI is InChI=1S/C29H34N4O/c1-6-33(7-2)24-16-13-22(14-17-24)27(32-26-10-8-9-19-30-26)25-18-15-23-12-11-21(5)31-28(23)29(25)34-20(3)4/h8-20,27H,6-7H2,1-5H3,(H,30,32). The summed E-state index contributed by atoms with van der Waals surface area (Å²) in [5.41, 5.74) is 5.26. The van der Waals surface area contributed by atoms with Crippen molar-refractivity contribution in [1.29, 1.82) is 0 Å². The summed E-state index contributed by atoms with van der Waals surface area (Å²) in [5, 5.41) is 4.72. The molecule has 2 heterocycles. The number of rotatable bonds is 9. The lowest BCUT2D eigenvalue weighted by Gasteiger charge is -2.26. The Kier molecular flexibility index (Phi) is 7.31. The van der Waals surface area contributed by atoms with Crippen LogP contribution >= 0.6 is 0 Å². The van der Waals surface area contributed by atoms with Crippen molar-refractivity contribution in [3.05, 3.63) is 89.7 Å². The van der Waals surface area contributed by atoms with Gasteiger partial charge < -0.3 is 15.0 Å². The molecular formula is C29H34N4O. The highest BCUT2D eigenvalue weighted by atomic mass is 16.5. The van der Waals surface area contributed by atoms with E-state index in [1.165, 1.54) is 5.69 Å². The quantitative estimate of drug-likeness (QED) is 0.302.